The molecule has 1 saturated heterocycles. The molecule has 0 amide bonds. The second-order valence-electron chi connectivity index (χ2n) is 5.67. The minimum atomic E-state index is -0.200. The number of rotatable bonds is 5. The highest BCUT2D eigenvalue weighted by Crippen LogP contribution is 2.22. The smallest absolute Gasteiger partial charge is 0.0906 e. The SMILES string of the molecule is CCC(C)C1CN(CCCF)C(C)(C)CN1. The first-order valence-electron chi connectivity index (χ1n) is 6.55. The summed E-state index contributed by atoms with van der Waals surface area (Å²) in [6.45, 7) is 11.8. The number of hydrogen-bond donors (Lipinski definition) is 1. The van der Waals surface area contributed by atoms with Crippen LogP contribution in [0.4, 0.5) is 4.39 Å². The number of piperazine rings is 1. The largest absolute Gasteiger partial charge is 0.311 e. The third-order valence-corrected chi connectivity index (χ3v) is 3.96. The molecule has 0 aromatic rings. The highest BCUT2D eigenvalue weighted by Gasteiger charge is 2.34. The Balaban J connectivity index is 2.55. The van der Waals surface area contributed by atoms with Gasteiger partial charge >= 0.3 is 0 Å². The van der Waals surface area contributed by atoms with Gasteiger partial charge in [0.15, 0.2) is 0 Å². The molecule has 1 fully saturated rings. The lowest BCUT2D eigenvalue weighted by molar-refractivity contribution is 0.0494. The molecule has 0 spiro atoms. The number of alkyl halides is 1. The molecule has 2 unspecified atom stereocenters. The van der Waals surface area contributed by atoms with Gasteiger partial charge < -0.3 is 5.32 Å². The van der Waals surface area contributed by atoms with Crippen LogP contribution in [0.2, 0.25) is 0 Å². The maximum atomic E-state index is 12.3. The van der Waals surface area contributed by atoms with E-state index in [2.05, 4.69) is 37.9 Å². The van der Waals surface area contributed by atoms with Gasteiger partial charge in [-0.1, -0.05) is 20.3 Å². The number of nitrogens with one attached hydrogen (secondary N) is 1. The highest BCUT2D eigenvalue weighted by molar-refractivity contribution is 4.94. The van der Waals surface area contributed by atoms with E-state index in [4.69, 9.17) is 0 Å². The molecule has 0 radical (unpaired) electrons. The molecule has 1 N–H and O–H groups in total. The van der Waals surface area contributed by atoms with Crippen molar-refractivity contribution in [1.29, 1.82) is 0 Å². The van der Waals surface area contributed by atoms with E-state index in [0.29, 0.717) is 18.4 Å². The average molecular weight is 230 g/mol. The Labute approximate surface area is 99.6 Å². The van der Waals surface area contributed by atoms with E-state index in [1.54, 1.807) is 0 Å². The maximum Gasteiger partial charge on any atom is 0.0906 e. The normalized spacial score (nSPS) is 27.9. The molecule has 1 rings (SSSR count). The fourth-order valence-electron chi connectivity index (χ4n) is 2.35. The standard InChI is InChI=1S/C13H27FN2/c1-5-11(2)12-9-16(8-6-7-14)13(3,4)10-15-12/h11-12,15H,5-10H2,1-4H3. The summed E-state index contributed by atoms with van der Waals surface area (Å²) >= 11 is 0. The first-order chi connectivity index (χ1) is 7.51. The Morgan fingerprint density at radius 2 is 2.19 bits per heavy atom. The van der Waals surface area contributed by atoms with E-state index < -0.39 is 0 Å². The van der Waals surface area contributed by atoms with Crippen molar-refractivity contribution in [2.75, 3.05) is 26.3 Å². The molecule has 3 heteroatoms. The molecule has 0 saturated carbocycles. The van der Waals surface area contributed by atoms with Gasteiger partial charge in [0.25, 0.3) is 0 Å². The van der Waals surface area contributed by atoms with E-state index in [1.807, 2.05) is 0 Å². The molecule has 0 aromatic heterocycles. The summed E-state index contributed by atoms with van der Waals surface area (Å²) in [4.78, 5) is 2.44. The summed E-state index contributed by atoms with van der Waals surface area (Å²) in [7, 11) is 0. The molecule has 2 nitrogen and oxygen atoms in total. The third kappa shape index (κ3) is 3.42. The molecule has 1 aliphatic rings. The fraction of sp³-hybridized carbons (Fsp3) is 1.00. The molecule has 16 heavy (non-hydrogen) atoms. The van der Waals surface area contributed by atoms with Crippen LogP contribution in [-0.4, -0.2) is 42.8 Å². The van der Waals surface area contributed by atoms with Gasteiger partial charge in [-0.2, -0.15) is 0 Å². The minimum absolute atomic E-state index is 0.166. The van der Waals surface area contributed by atoms with E-state index >= 15 is 0 Å². The predicted octanol–water partition coefficient (Wildman–Crippen LogP) is 2.44. The summed E-state index contributed by atoms with van der Waals surface area (Å²) in [6.07, 6.45) is 1.87. The van der Waals surface area contributed by atoms with Crippen LogP contribution in [0.1, 0.15) is 40.5 Å². The first-order valence-corrected chi connectivity index (χ1v) is 6.55. The summed E-state index contributed by atoms with van der Waals surface area (Å²) in [6, 6.07) is 0.567. The third-order valence-electron chi connectivity index (χ3n) is 3.96. The average Bonchev–Trinajstić information content (AvgIpc) is 2.26. The van der Waals surface area contributed by atoms with Crippen molar-refractivity contribution in [1.82, 2.24) is 10.2 Å². The molecule has 1 heterocycles. The van der Waals surface area contributed by atoms with Crippen LogP contribution < -0.4 is 5.32 Å². The van der Waals surface area contributed by atoms with Crippen molar-refractivity contribution in [3.63, 3.8) is 0 Å². The molecule has 96 valence electrons. The van der Waals surface area contributed by atoms with Crippen LogP contribution in [0.3, 0.4) is 0 Å². The van der Waals surface area contributed by atoms with E-state index in [9.17, 15) is 4.39 Å². The van der Waals surface area contributed by atoms with Gasteiger partial charge in [0, 0.05) is 31.2 Å². The second-order valence-corrected chi connectivity index (χ2v) is 5.67. The van der Waals surface area contributed by atoms with Crippen LogP contribution >= 0.6 is 0 Å². The second kappa shape index (κ2) is 5.97. The van der Waals surface area contributed by atoms with E-state index in [-0.39, 0.29) is 12.2 Å². The lowest BCUT2D eigenvalue weighted by atomic mass is 9.91. The predicted molar refractivity (Wildman–Crippen MR) is 67.5 cm³/mol. The Hall–Kier alpha value is -0.150. The van der Waals surface area contributed by atoms with Crippen molar-refractivity contribution >= 4 is 0 Å². The zero-order valence-electron chi connectivity index (χ0n) is 11.2. The monoisotopic (exact) mass is 230 g/mol. The number of hydrogen-bond acceptors (Lipinski definition) is 2. The molecule has 1 aliphatic heterocycles. The maximum absolute atomic E-state index is 12.3. The van der Waals surface area contributed by atoms with E-state index in [1.165, 1.54) is 6.42 Å². The lowest BCUT2D eigenvalue weighted by Gasteiger charge is -2.47. The molecule has 0 aromatic carbocycles. The fourth-order valence-corrected chi connectivity index (χ4v) is 2.35. The van der Waals surface area contributed by atoms with Gasteiger partial charge in [0.05, 0.1) is 6.67 Å². The van der Waals surface area contributed by atoms with Crippen molar-refractivity contribution < 1.29 is 4.39 Å². The molecular weight excluding hydrogens is 203 g/mol. The minimum Gasteiger partial charge on any atom is -0.311 e. The van der Waals surface area contributed by atoms with Crippen molar-refractivity contribution in [2.45, 2.75) is 52.1 Å². The molecular formula is C13H27FN2. The van der Waals surface area contributed by atoms with Crippen LogP contribution in [-0.2, 0) is 0 Å². The van der Waals surface area contributed by atoms with Crippen molar-refractivity contribution in [3.05, 3.63) is 0 Å². The van der Waals surface area contributed by atoms with Gasteiger partial charge in [0.1, 0.15) is 0 Å². The van der Waals surface area contributed by atoms with Gasteiger partial charge in [-0.05, 0) is 26.2 Å². The van der Waals surface area contributed by atoms with E-state index in [0.717, 1.165) is 19.6 Å². The number of halogens is 1. The molecule has 0 aliphatic carbocycles. The van der Waals surface area contributed by atoms with Gasteiger partial charge in [-0.3, -0.25) is 9.29 Å². The highest BCUT2D eigenvalue weighted by atomic mass is 19.1. The van der Waals surface area contributed by atoms with Crippen LogP contribution in [0.25, 0.3) is 0 Å². The Bertz CT molecular complexity index is 206. The Morgan fingerprint density at radius 3 is 2.75 bits per heavy atom. The van der Waals surface area contributed by atoms with Gasteiger partial charge in [-0.25, -0.2) is 0 Å². The molecule has 0 bridgehead atoms. The summed E-state index contributed by atoms with van der Waals surface area (Å²) < 4.78 is 12.3. The zero-order valence-corrected chi connectivity index (χ0v) is 11.2. The topological polar surface area (TPSA) is 15.3 Å². The van der Waals surface area contributed by atoms with Gasteiger partial charge in [-0.15, -0.1) is 0 Å². The zero-order chi connectivity index (χ0) is 12.2. The first kappa shape index (κ1) is 13.9. The van der Waals surface area contributed by atoms with Gasteiger partial charge in [0.2, 0.25) is 0 Å². The molecule has 2 atom stereocenters. The van der Waals surface area contributed by atoms with Crippen molar-refractivity contribution in [3.8, 4) is 0 Å². The summed E-state index contributed by atoms with van der Waals surface area (Å²) in [5, 5.41) is 3.63. The Kier molecular flexibility index (Phi) is 5.19. The van der Waals surface area contributed by atoms with Crippen LogP contribution in [0.15, 0.2) is 0 Å². The van der Waals surface area contributed by atoms with Crippen molar-refractivity contribution in [2.24, 2.45) is 5.92 Å². The summed E-state index contributed by atoms with van der Waals surface area (Å²) in [5.74, 6) is 0.698. The quantitative estimate of drug-likeness (QED) is 0.780. The van der Waals surface area contributed by atoms with Crippen LogP contribution in [0.5, 0.6) is 0 Å². The summed E-state index contributed by atoms with van der Waals surface area (Å²) in [5.41, 5.74) is 0.166. The lowest BCUT2D eigenvalue weighted by Crippen LogP contribution is -2.63. The van der Waals surface area contributed by atoms with Crippen LogP contribution in [0, 0.1) is 5.92 Å². The Morgan fingerprint density at radius 1 is 1.50 bits per heavy atom. The number of nitrogens with zero attached hydrogens (tertiary/aromatic N) is 1.